The minimum Gasteiger partial charge on any atom is -0.491 e. The molecule has 4 aromatic carbocycles. The molecule has 1 aliphatic heterocycles. The number of β-amino-alcohol motifs (C(OH)–C–C–N with tert-alkyl or cyclic N) is 2. The van der Waals surface area contributed by atoms with Gasteiger partial charge in [-0.15, -0.1) is 0 Å². The van der Waals surface area contributed by atoms with E-state index in [1.54, 1.807) is 13.8 Å². The SMILES string of the molecule is CCOC(=O)c1c(C)n(-c2ccc(C)cc2)c2ccc(OC[C@H](O)CN3CCN(C[C@@H](O)COc4ccc5c(c4)c(C(=O)OCC)c(C)n5-c4ccc(C)cc4)CC3)cc12. The summed E-state index contributed by atoms with van der Waals surface area (Å²) in [5.41, 5.74) is 8.50. The van der Waals surface area contributed by atoms with Crippen LogP contribution >= 0.6 is 0 Å². The van der Waals surface area contributed by atoms with E-state index in [-0.39, 0.29) is 38.4 Å². The second-order valence-electron chi connectivity index (χ2n) is 15.6. The molecule has 0 bridgehead atoms. The number of nitrogens with zero attached hydrogens (tertiary/aromatic N) is 4. The Morgan fingerprint density at radius 1 is 0.567 bits per heavy atom. The summed E-state index contributed by atoms with van der Waals surface area (Å²) in [5.74, 6) is 0.352. The van der Waals surface area contributed by atoms with E-state index in [1.165, 1.54) is 0 Å². The van der Waals surface area contributed by atoms with Crippen molar-refractivity contribution in [2.24, 2.45) is 0 Å². The van der Waals surface area contributed by atoms with E-state index in [4.69, 9.17) is 18.9 Å². The van der Waals surface area contributed by atoms with Crippen LogP contribution in [0.25, 0.3) is 33.2 Å². The number of hydrogen-bond donors (Lipinski definition) is 2. The van der Waals surface area contributed by atoms with E-state index in [0.29, 0.717) is 35.7 Å². The number of aromatic nitrogens is 2. The monoisotopic (exact) mass is 816 g/mol. The van der Waals surface area contributed by atoms with Crippen molar-refractivity contribution in [1.29, 1.82) is 0 Å². The van der Waals surface area contributed by atoms with Crippen LogP contribution in [0.1, 0.15) is 57.1 Å². The Balaban J connectivity index is 0.915. The van der Waals surface area contributed by atoms with Crippen molar-refractivity contribution < 1.29 is 38.7 Å². The van der Waals surface area contributed by atoms with Gasteiger partial charge in [-0.25, -0.2) is 9.59 Å². The summed E-state index contributed by atoms with van der Waals surface area (Å²) in [5, 5.41) is 23.4. The van der Waals surface area contributed by atoms with Crippen LogP contribution in [0.3, 0.4) is 0 Å². The summed E-state index contributed by atoms with van der Waals surface area (Å²) in [7, 11) is 0. The molecule has 0 amide bonds. The molecule has 0 spiro atoms. The third-order valence-electron chi connectivity index (χ3n) is 11.2. The Kier molecular flexibility index (Phi) is 13.3. The molecule has 2 N–H and O–H groups in total. The first-order valence-electron chi connectivity index (χ1n) is 20.8. The highest BCUT2D eigenvalue weighted by atomic mass is 16.5. The lowest BCUT2D eigenvalue weighted by atomic mass is 10.1. The third-order valence-corrected chi connectivity index (χ3v) is 11.2. The average molecular weight is 817 g/mol. The zero-order valence-electron chi connectivity index (χ0n) is 35.4. The fraction of sp³-hybridized carbons (Fsp3) is 0.375. The van der Waals surface area contributed by atoms with Gasteiger partial charge in [0.15, 0.2) is 0 Å². The van der Waals surface area contributed by atoms with Gasteiger partial charge < -0.3 is 38.3 Å². The van der Waals surface area contributed by atoms with Crippen molar-refractivity contribution >= 4 is 33.7 Å². The number of piperazine rings is 1. The van der Waals surface area contributed by atoms with E-state index < -0.39 is 12.2 Å². The van der Waals surface area contributed by atoms with E-state index in [1.807, 2.05) is 113 Å². The standard InChI is InChI=1S/C48H56N4O8/c1-7-57-47(55)45-33(5)51(35-13-9-31(3)10-14-35)43-19-17-39(25-41(43)45)59-29-37(53)27-49-21-23-50(24-22-49)28-38(54)30-60-40-18-20-44-42(26-40)46(48(56)58-8-2)34(6)52(44)36-15-11-32(4)12-16-36/h9-20,25-26,37-38,53-54H,7-8,21-24,27-30H2,1-6H3/t37-,38-/m1/s1. The predicted octanol–water partition coefficient (Wildman–Crippen LogP) is 6.96. The quantitative estimate of drug-likeness (QED) is 0.0991. The van der Waals surface area contributed by atoms with E-state index in [2.05, 4.69) is 18.9 Å². The number of aryl methyl sites for hydroxylation is 2. The summed E-state index contributed by atoms with van der Waals surface area (Å²) in [6.07, 6.45) is -1.46. The zero-order chi connectivity index (χ0) is 42.5. The number of fused-ring (bicyclic) bond motifs is 2. The highest BCUT2D eigenvalue weighted by Gasteiger charge is 2.26. The van der Waals surface area contributed by atoms with Gasteiger partial charge in [-0.2, -0.15) is 0 Å². The summed E-state index contributed by atoms with van der Waals surface area (Å²) < 4.78 is 27.2. The third kappa shape index (κ3) is 9.22. The minimum absolute atomic E-state index is 0.0947. The number of carbonyl (C=O) groups excluding carboxylic acids is 2. The largest absolute Gasteiger partial charge is 0.491 e. The van der Waals surface area contributed by atoms with Crippen molar-refractivity contribution in [1.82, 2.24) is 18.9 Å². The first-order chi connectivity index (χ1) is 28.9. The maximum atomic E-state index is 13.1. The van der Waals surface area contributed by atoms with Crippen LogP contribution in [0.5, 0.6) is 11.5 Å². The Hall–Kier alpha value is -5.66. The molecule has 1 fully saturated rings. The van der Waals surface area contributed by atoms with E-state index in [9.17, 15) is 19.8 Å². The topological polar surface area (TPSA) is 128 Å². The molecule has 0 unspecified atom stereocenters. The maximum Gasteiger partial charge on any atom is 0.340 e. The number of esters is 2. The van der Waals surface area contributed by atoms with Gasteiger partial charge in [-0.05, 0) is 102 Å². The number of aliphatic hydroxyl groups is 2. The number of aliphatic hydroxyl groups excluding tert-OH is 2. The minimum atomic E-state index is -0.728. The van der Waals surface area contributed by atoms with Crippen LogP contribution in [0.15, 0.2) is 84.9 Å². The van der Waals surface area contributed by atoms with Gasteiger partial charge in [0.05, 0.1) is 35.4 Å². The van der Waals surface area contributed by atoms with Crippen LogP contribution in [-0.4, -0.2) is 119 Å². The molecule has 3 heterocycles. The van der Waals surface area contributed by atoms with Gasteiger partial charge in [-0.3, -0.25) is 9.80 Å². The highest BCUT2D eigenvalue weighted by molar-refractivity contribution is 6.08. The Morgan fingerprint density at radius 3 is 1.28 bits per heavy atom. The summed E-state index contributed by atoms with van der Waals surface area (Å²) >= 11 is 0. The molecule has 2 atom stereocenters. The molecule has 316 valence electrons. The average Bonchev–Trinajstić information content (AvgIpc) is 3.69. The molecule has 2 aromatic heterocycles. The number of benzene rings is 4. The van der Waals surface area contributed by atoms with E-state index >= 15 is 0 Å². The van der Waals surface area contributed by atoms with Crippen molar-refractivity contribution in [3.63, 3.8) is 0 Å². The lowest BCUT2D eigenvalue weighted by Gasteiger charge is -2.36. The Bertz CT molecular complexity index is 2270. The van der Waals surface area contributed by atoms with Crippen LogP contribution in [0.2, 0.25) is 0 Å². The van der Waals surface area contributed by atoms with Crippen LogP contribution in [0, 0.1) is 27.7 Å². The molecule has 6 aromatic rings. The fourth-order valence-electron chi connectivity index (χ4n) is 8.19. The summed E-state index contributed by atoms with van der Waals surface area (Å²) in [6.45, 7) is 16.1. The molecule has 0 radical (unpaired) electrons. The molecule has 12 heteroatoms. The van der Waals surface area contributed by atoms with Gasteiger partial charge in [0.2, 0.25) is 0 Å². The highest BCUT2D eigenvalue weighted by Crippen LogP contribution is 2.34. The van der Waals surface area contributed by atoms with Crippen molar-refractivity contribution in [3.05, 3.63) is 119 Å². The van der Waals surface area contributed by atoms with E-state index in [0.717, 1.165) is 81.9 Å². The lowest BCUT2D eigenvalue weighted by Crippen LogP contribution is -2.51. The molecule has 7 rings (SSSR count). The van der Waals surface area contributed by atoms with Crippen molar-refractivity contribution in [2.45, 2.75) is 53.8 Å². The normalized spacial score (nSPS) is 14.7. The molecule has 0 aliphatic carbocycles. The van der Waals surface area contributed by atoms with Crippen molar-refractivity contribution in [2.75, 3.05) is 65.7 Å². The van der Waals surface area contributed by atoms with Crippen LogP contribution in [-0.2, 0) is 9.47 Å². The molecule has 1 saturated heterocycles. The fourth-order valence-corrected chi connectivity index (χ4v) is 8.19. The van der Waals surface area contributed by atoms with Gasteiger partial charge in [0, 0.05) is 72.8 Å². The first kappa shape index (κ1) is 42.5. The van der Waals surface area contributed by atoms with Gasteiger partial charge in [0.1, 0.15) is 36.9 Å². The molecular weight excluding hydrogens is 761 g/mol. The smallest absolute Gasteiger partial charge is 0.340 e. The summed E-state index contributed by atoms with van der Waals surface area (Å²) in [4.78, 5) is 30.7. The predicted molar refractivity (Wildman–Crippen MR) is 233 cm³/mol. The molecule has 1 aliphatic rings. The Labute approximate surface area is 351 Å². The summed E-state index contributed by atoms with van der Waals surface area (Å²) in [6, 6.07) is 27.6. The number of rotatable bonds is 16. The van der Waals surface area contributed by atoms with Gasteiger partial charge in [0.25, 0.3) is 0 Å². The first-order valence-corrected chi connectivity index (χ1v) is 20.8. The lowest BCUT2D eigenvalue weighted by molar-refractivity contribution is 0.0241. The molecule has 0 saturated carbocycles. The number of carbonyl (C=O) groups is 2. The Morgan fingerprint density at radius 2 is 0.933 bits per heavy atom. The molecule has 60 heavy (non-hydrogen) atoms. The maximum absolute atomic E-state index is 13.1. The number of ether oxygens (including phenoxy) is 4. The van der Waals surface area contributed by atoms with Crippen LogP contribution < -0.4 is 9.47 Å². The van der Waals surface area contributed by atoms with Gasteiger partial charge in [-0.1, -0.05) is 35.4 Å². The second kappa shape index (κ2) is 18.7. The molecule has 12 nitrogen and oxygen atoms in total. The second-order valence-corrected chi connectivity index (χ2v) is 15.6. The van der Waals surface area contributed by atoms with Crippen LogP contribution in [0.4, 0.5) is 0 Å². The number of hydrogen-bond acceptors (Lipinski definition) is 10. The van der Waals surface area contributed by atoms with Crippen molar-refractivity contribution in [3.8, 4) is 22.9 Å². The van der Waals surface area contributed by atoms with Gasteiger partial charge >= 0.3 is 11.9 Å². The molecular formula is C48H56N4O8. The zero-order valence-corrected chi connectivity index (χ0v) is 35.4.